The van der Waals surface area contributed by atoms with E-state index in [0.717, 1.165) is 24.3 Å². The third kappa shape index (κ3) is 3.59. The van der Waals surface area contributed by atoms with Gasteiger partial charge in [0.05, 0.1) is 11.9 Å². The van der Waals surface area contributed by atoms with E-state index in [2.05, 4.69) is 21.7 Å². The van der Waals surface area contributed by atoms with Crippen molar-refractivity contribution in [1.29, 1.82) is 0 Å². The second kappa shape index (κ2) is 6.39. The summed E-state index contributed by atoms with van der Waals surface area (Å²) in [6, 6.07) is 11.3. The van der Waals surface area contributed by atoms with Gasteiger partial charge in [0, 0.05) is 42.7 Å². The van der Waals surface area contributed by atoms with E-state index in [4.69, 9.17) is 11.6 Å². The molecule has 0 saturated carbocycles. The van der Waals surface area contributed by atoms with Crippen LogP contribution in [0.1, 0.15) is 18.4 Å². The van der Waals surface area contributed by atoms with Crippen molar-refractivity contribution in [2.24, 2.45) is 0 Å². The zero-order valence-corrected chi connectivity index (χ0v) is 12.9. The van der Waals surface area contributed by atoms with Crippen LogP contribution in [0.25, 0.3) is 0 Å². The normalized spacial score (nSPS) is 16.7. The van der Waals surface area contributed by atoms with Gasteiger partial charge in [0.2, 0.25) is 0 Å². The van der Waals surface area contributed by atoms with Crippen LogP contribution in [-0.4, -0.2) is 28.8 Å². The third-order valence-electron chi connectivity index (χ3n) is 3.87. The number of halogens is 1. The molecule has 0 unspecified atom stereocenters. The summed E-state index contributed by atoms with van der Waals surface area (Å²) in [5.74, 6) is 6.05. The van der Waals surface area contributed by atoms with E-state index in [-0.39, 0.29) is 0 Å². The van der Waals surface area contributed by atoms with Crippen molar-refractivity contribution in [1.82, 2.24) is 4.98 Å². The zero-order chi connectivity index (χ0) is 15.4. The molecule has 22 heavy (non-hydrogen) atoms. The fourth-order valence-corrected chi connectivity index (χ4v) is 2.75. The molecule has 2 heterocycles. The average molecular weight is 313 g/mol. The number of pyridine rings is 1. The minimum Gasteiger partial charge on any atom is -0.377 e. The molecule has 0 radical (unpaired) electrons. The number of anilines is 1. The molecule has 3 rings (SSSR count). The SMILES string of the molecule is OC1(C#Cc2cccc(Cl)c2)CCN(c2cccnc2)CC1. The van der Waals surface area contributed by atoms with Gasteiger partial charge >= 0.3 is 0 Å². The molecule has 1 aliphatic rings. The summed E-state index contributed by atoms with van der Waals surface area (Å²) in [5, 5.41) is 11.3. The molecule has 1 aromatic carbocycles. The Balaban J connectivity index is 1.67. The number of nitrogens with zero attached hydrogens (tertiary/aromatic N) is 2. The number of rotatable bonds is 1. The lowest BCUT2D eigenvalue weighted by molar-refractivity contribution is 0.0746. The van der Waals surface area contributed by atoms with Crippen molar-refractivity contribution in [2.75, 3.05) is 18.0 Å². The summed E-state index contributed by atoms with van der Waals surface area (Å²) in [6.45, 7) is 1.54. The Kier molecular flexibility index (Phi) is 4.33. The minimum absolute atomic E-state index is 0.620. The van der Waals surface area contributed by atoms with E-state index in [1.165, 1.54) is 0 Å². The highest BCUT2D eigenvalue weighted by atomic mass is 35.5. The largest absolute Gasteiger partial charge is 0.377 e. The molecule has 1 saturated heterocycles. The second-order valence-corrected chi connectivity index (χ2v) is 5.93. The van der Waals surface area contributed by atoms with E-state index >= 15 is 0 Å². The van der Waals surface area contributed by atoms with Crippen molar-refractivity contribution >= 4 is 17.3 Å². The van der Waals surface area contributed by atoms with E-state index < -0.39 is 5.60 Å². The number of piperidine rings is 1. The van der Waals surface area contributed by atoms with Crippen LogP contribution in [0.3, 0.4) is 0 Å². The van der Waals surface area contributed by atoms with Gasteiger partial charge in [-0.25, -0.2) is 0 Å². The number of benzene rings is 1. The molecule has 4 heteroatoms. The van der Waals surface area contributed by atoms with Crippen molar-refractivity contribution in [3.63, 3.8) is 0 Å². The van der Waals surface area contributed by atoms with Crippen molar-refractivity contribution in [3.8, 4) is 11.8 Å². The van der Waals surface area contributed by atoms with Crippen molar-refractivity contribution in [3.05, 3.63) is 59.4 Å². The van der Waals surface area contributed by atoms with E-state index in [1.54, 1.807) is 6.20 Å². The van der Waals surface area contributed by atoms with Crippen LogP contribution in [-0.2, 0) is 0 Å². The Morgan fingerprint density at radius 3 is 2.68 bits per heavy atom. The van der Waals surface area contributed by atoms with Gasteiger partial charge in [-0.3, -0.25) is 4.98 Å². The molecule has 2 aromatic rings. The van der Waals surface area contributed by atoms with Crippen LogP contribution in [0.5, 0.6) is 0 Å². The first-order valence-electron chi connectivity index (χ1n) is 7.31. The number of aliphatic hydroxyl groups is 1. The molecule has 112 valence electrons. The maximum atomic E-state index is 10.6. The highest BCUT2D eigenvalue weighted by molar-refractivity contribution is 6.30. The standard InChI is InChI=1S/C18H17ClN2O/c19-16-4-1-3-15(13-16)6-7-18(22)8-11-21(12-9-18)17-5-2-10-20-14-17/h1-5,10,13-14,22H,8-9,11-12H2. The molecule has 0 spiro atoms. The molecule has 1 aromatic heterocycles. The fourth-order valence-electron chi connectivity index (χ4n) is 2.56. The molecule has 0 aliphatic carbocycles. The predicted octanol–water partition coefficient (Wildman–Crippen LogP) is 3.12. The summed E-state index contributed by atoms with van der Waals surface area (Å²) in [5.41, 5.74) is 0.990. The molecular formula is C18H17ClN2O. The van der Waals surface area contributed by atoms with Gasteiger partial charge in [-0.2, -0.15) is 0 Å². The first-order chi connectivity index (χ1) is 10.6. The molecular weight excluding hydrogens is 296 g/mol. The number of hydrogen-bond donors (Lipinski definition) is 1. The highest BCUT2D eigenvalue weighted by Crippen LogP contribution is 2.25. The van der Waals surface area contributed by atoms with Crippen LogP contribution in [0.4, 0.5) is 5.69 Å². The summed E-state index contributed by atoms with van der Waals surface area (Å²) in [4.78, 5) is 6.36. The van der Waals surface area contributed by atoms with Gasteiger partial charge in [-0.05, 0) is 30.3 Å². The van der Waals surface area contributed by atoms with E-state index in [9.17, 15) is 5.11 Å². The quantitative estimate of drug-likeness (QED) is 0.822. The lowest BCUT2D eigenvalue weighted by Crippen LogP contribution is -2.43. The predicted molar refractivity (Wildman–Crippen MR) is 89.0 cm³/mol. The Morgan fingerprint density at radius 2 is 2.00 bits per heavy atom. The van der Waals surface area contributed by atoms with Crippen LogP contribution < -0.4 is 4.90 Å². The van der Waals surface area contributed by atoms with Crippen molar-refractivity contribution < 1.29 is 5.11 Å². The second-order valence-electron chi connectivity index (χ2n) is 5.49. The molecule has 0 bridgehead atoms. The maximum Gasteiger partial charge on any atom is 0.129 e. The molecule has 1 fully saturated rings. The topological polar surface area (TPSA) is 36.4 Å². The lowest BCUT2D eigenvalue weighted by atomic mass is 9.91. The lowest BCUT2D eigenvalue weighted by Gasteiger charge is -2.36. The van der Waals surface area contributed by atoms with E-state index in [0.29, 0.717) is 17.9 Å². The van der Waals surface area contributed by atoms with Gasteiger partial charge in [0.25, 0.3) is 0 Å². The summed E-state index contributed by atoms with van der Waals surface area (Å²) in [6.07, 6.45) is 4.85. The summed E-state index contributed by atoms with van der Waals surface area (Å²) < 4.78 is 0. The van der Waals surface area contributed by atoms with Crippen LogP contribution in [0, 0.1) is 11.8 Å². The zero-order valence-electron chi connectivity index (χ0n) is 12.2. The first kappa shape index (κ1) is 14.9. The smallest absolute Gasteiger partial charge is 0.129 e. The van der Waals surface area contributed by atoms with Crippen molar-refractivity contribution in [2.45, 2.75) is 18.4 Å². The maximum absolute atomic E-state index is 10.6. The molecule has 1 aliphatic heterocycles. The van der Waals surface area contributed by atoms with Crippen LogP contribution in [0.2, 0.25) is 5.02 Å². The third-order valence-corrected chi connectivity index (χ3v) is 4.10. The van der Waals surface area contributed by atoms with Gasteiger partial charge < -0.3 is 10.0 Å². The monoisotopic (exact) mass is 312 g/mol. The molecule has 1 N–H and O–H groups in total. The summed E-state index contributed by atoms with van der Waals surface area (Å²) in [7, 11) is 0. The molecule has 3 nitrogen and oxygen atoms in total. The Morgan fingerprint density at radius 1 is 1.18 bits per heavy atom. The Hall–Kier alpha value is -2.02. The fraction of sp³-hybridized carbons (Fsp3) is 0.278. The first-order valence-corrected chi connectivity index (χ1v) is 7.69. The molecule has 0 amide bonds. The van der Waals surface area contributed by atoms with Crippen LogP contribution in [0.15, 0.2) is 48.8 Å². The van der Waals surface area contributed by atoms with Gasteiger partial charge in [0.1, 0.15) is 5.60 Å². The average Bonchev–Trinajstić information content (AvgIpc) is 2.55. The van der Waals surface area contributed by atoms with E-state index in [1.807, 2.05) is 42.6 Å². The number of hydrogen-bond acceptors (Lipinski definition) is 3. The van der Waals surface area contributed by atoms with Crippen LogP contribution >= 0.6 is 11.6 Å². The highest BCUT2D eigenvalue weighted by Gasteiger charge is 2.30. The minimum atomic E-state index is -0.930. The Labute approximate surface area is 135 Å². The Bertz CT molecular complexity index is 698. The molecule has 0 atom stereocenters. The summed E-state index contributed by atoms with van der Waals surface area (Å²) >= 11 is 5.95. The van der Waals surface area contributed by atoms with Gasteiger partial charge in [-0.1, -0.05) is 29.5 Å². The number of aromatic nitrogens is 1. The van der Waals surface area contributed by atoms with Gasteiger partial charge in [-0.15, -0.1) is 0 Å². The van der Waals surface area contributed by atoms with Gasteiger partial charge in [0.15, 0.2) is 0 Å².